The van der Waals surface area contributed by atoms with E-state index in [0.717, 1.165) is 18.7 Å². The standard InChI is InChI=1S/C17H22N6O2/c1-11(2)7-13-8-14(22-21-13)17(25)20-12-3-4-15(19-9-12)23-6-5-18-16(24)10-23/h3-4,8-9,11H,5-7,10H2,1-2H3,(H,18,24)(H,20,25)(H,21,22). The zero-order valence-electron chi connectivity index (χ0n) is 14.4. The third kappa shape index (κ3) is 4.34. The molecule has 0 aliphatic carbocycles. The van der Waals surface area contributed by atoms with E-state index < -0.39 is 0 Å². The number of hydrogen-bond donors (Lipinski definition) is 3. The number of nitrogens with zero attached hydrogens (tertiary/aromatic N) is 3. The molecular formula is C17H22N6O2. The van der Waals surface area contributed by atoms with Crippen LogP contribution in [0.2, 0.25) is 0 Å². The molecule has 25 heavy (non-hydrogen) atoms. The Morgan fingerprint density at radius 1 is 1.40 bits per heavy atom. The van der Waals surface area contributed by atoms with E-state index in [9.17, 15) is 9.59 Å². The third-order valence-electron chi connectivity index (χ3n) is 3.86. The zero-order chi connectivity index (χ0) is 17.8. The highest BCUT2D eigenvalue weighted by Crippen LogP contribution is 2.16. The summed E-state index contributed by atoms with van der Waals surface area (Å²) in [6, 6.07) is 5.33. The highest BCUT2D eigenvalue weighted by molar-refractivity contribution is 6.02. The number of H-pyrrole nitrogens is 1. The second-order valence-electron chi connectivity index (χ2n) is 6.51. The van der Waals surface area contributed by atoms with Gasteiger partial charge in [0.25, 0.3) is 5.91 Å². The van der Waals surface area contributed by atoms with E-state index in [1.165, 1.54) is 0 Å². The van der Waals surface area contributed by atoms with Crippen molar-refractivity contribution < 1.29 is 9.59 Å². The summed E-state index contributed by atoms with van der Waals surface area (Å²) in [5, 5.41) is 12.5. The molecule has 3 heterocycles. The first-order valence-electron chi connectivity index (χ1n) is 8.34. The molecule has 0 radical (unpaired) electrons. The molecule has 132 valence electrons. The normalized spacial score (nSPS) is 14.5. The predicted molar refractivity (Wildman–Crippen MR) is 94.5 cm³/mol. The van der Waals surface area contributed by atoms with Crippen LogP contribution in [0.5, 0.6) is 0 Å². The highest BCUT2D eigenvalue weighted by Gasteiger charge is 2.17. The van der Waals surface area contributed by atoms with Gasteiger partial charge < -0.3 is 15.5 Å². The van der Waals surface area contributed by atoms with Crippen LogP contribution in [-0.4, -0.2) is 46.6 Å². The molecule has 1 saturated heterocycles. The maximum absolute atomic E-state index is 12.3. The Morgan fingerprint density at radius 3 is 2.92 bits per heavy atom. The van der Waals surface area contributed by atoms with Gasteiger partial charge in [0.1, 0.15) is 5.82 Å². The molecule has 2 amide bonds. The molecule has 0 spiro atoms. The van der Waals surface area contributed by atoms with Gasteiger partial charge >= 0.3 is 0 Å². The number of pyridine rings is 1. The van der Waals surface area contributed by atoms with Crippen LogP contribution >= 0.6 is 0 Å². The lowest BCUT2D eigenvalue weighted by Crippen LogP contribution is -2.48. The van der Waals surface area contributed by atoms with Gasteiger partial charge in [-0.3, -0.25) is 14.7 Å². The van der Waals surface area contributed by atoms with Gasteiger partial charge in [0.2, 0.25) is 5.91 Å². The Balaban J connectivity index is 1.61. The van der Waals surface area contributed by atoms with Crippen molar-refractivity contribution in [1.82, 2.24) is 20.5 Å². The Morgan fingerprint density at radius 2 is 2.24 bits per heavy atom. The quantitative estimate of drug-likeness (QED) is 0.757. The molecule has 0 aromatic carbocycles. The fraction of sp³-hybridized carbons (Fsp3) is 0.412. The maximum Gasteiger partial charge on any atom is 0.276 e. The zero-order valence-corrected chi connectivity index (χ0v) is 14.4. The number of aromatic nitrogens is 3. The van der Waals surface area contributed by atoms with Crippen LogP contribution in [0, 0.1) is 5.92 Å². The van der Waals surface area contributed by atoms with Gasteiger partial charge in [0.15, 0.2) is 5.69 Å². The minimum absolute atomic E-state index is 0.0128. The van der Waals surface area contributed by atoms with Crippen LogP contribution in [0.3, 0.4) is 0 Å². The SMILES string of the molecule is CC(C)Cc1cc(C(=O)Nc2ccc(N3CCNC(=O)C3)nc2)n[nH]1. The number of amides is 2. The van der Waals surface area contributed by atoms with E-state index in [1.54, 1.807) is 24.4 Å². The molecule has 8 nitrogen and oxygen atoms in total. The monoisotopic (exact) mass is 342 g/mol. The summed E-state index contributed by atoms with van der Waals surface area (Å²) in [7, 11) is 0. The van der Waals surface area contributed by atoms with E-state index in [-0.39, 0.29) is 11.8 Å². The first-order valence-corrected chi connectivity index (χ1v) is 8.34. The lowest BCUT2D eigenvalue weighted by Gasteiger charge is -2.27. The Kier molecular flexibility index (Phi) is 4.97. The first kappa shape index (κ1) is 16.9. The number of carbonyl (C=O) groups excluding carboxylic acids is 2. The van der Waals surface area contributed by atoms with Crippen LogP contribution in [0.1, 0.15) is 30.0 Å². The maximum atomic E-state index is 12.3. The summed E-state index contributed by atoms with van der Waals surface area (Å²) >= 11 is 0. The molecule has 1 aliphatic rings. The van der Waals surface area contributed by atoms with E-state index in [0.29, 0.717) is 36.2 Å². The lowest BCUT2D eigenvalue weighted by atomic mass is 10.1. The van der Waals surface area contributed by atoms with Crippen molar-refractivity contribution in [1.29, 1.82) is 0 Å². The summed E-state index contributed by atoms with van der Waals surface area (Å²) in [6.45, 7) is 5.84. The number of rotatable bonds is 5. The minimum Gasteiger partial charge on any atom is -0.353 e. The Labute approximate surface area is 146 Å². The number of nitrogens with one attached hydrogen (secondary N) is 3. The molecular weight excluding hydrogens is 320 g/mol. The van der Waals surface area contributed by atoms with Crippen molar-refractivity contribution in [2.24, 2.45) is 5.92 Å². The van der Waals surface area contributed by atoms with Gasteiger partial charge in [-0.1, -0.05) is 13.8 Å². The molecule has 1 fully saturated rings. The topological polar surface area (TPSA) is 103 Å². The van der Waals surface area contributed by atoms with Crippen molar-refractivity contribution in [2.45, 2.75) is 20.3 Å². The Bertz CT molecular complexity index is 753. The second-order valence-corrected chi connectivity index (χ2v) is 6.51. The molecule has 3 rings (SSSR count). The van der Waals surface area contributed by atoms with Crippen LogP contribution in [0.25, 0.3) is 0 Å². The first-order chi connectivity index (χ1) is 12.0. The van der Waals surface area contributed by atoms with Crippen molar-refractivity contribution in [3.8, 4) is 0 Å². The van der Waals surface area contributed by atoms with Crippen molar-refractivity contribution in [3.63, 3.8) is 0 Å². The van der Waals surface area contributed by atoms with E-state index in [2.05, 4.69) is 39.7 Å². The molecule has 0 atom stereocenters. The number of carbonyl (C=O) groups is 2. The third-order valence-corrected chi connectivity index (χ3v) is 3.86. The number of aromatic amines is 1. The molecule has 3 N–H and O–H groups in total. The van der Waals surface area contributed by atoms with Gasteiger partial charge in [0, 0.05) is 18.8 Å². The van der Waals surface area contributed by atoms with Crippen molar-refractivity contribution in [3.05, 3.63) is 35.8 Å². The molecule has 0 unspecified atom stereocenters. The number of anilines is 2. The summed E-state index contributed by atoms with van der Waals surface area (Å²) < 4.78 is 0. The van der Waals surface area contributed by atoms with Gasteiger partial charge in [0.05, 0.1) is 18.4 Å². The molecule has 2 aromatic rings. The Hall–Kier alpha value is -2.90. The minimum atomic E-state index is -0.279. The highest BCUT2D eigenvalue weighted by atomic mass is 16.2. The molecule has 2 aromatic heterocycles. The smallest absolute Gasteiger partial charge is 0.276 e. The van der Waals surface area contributed by atoms with Crippen LogP contribution in [0.4, 0.5) is 11.5 Å². The van der Waals surface area contributed by atoms with Crippen molar-refractivity contribution in [2.75, 3.05) is 29.9 Å². The summed E-state index contributed by atoms with van der Waals surface area (Å²) in [5.74, 6) is 0.913. The predicted octanol–water partition coefficient (Wildman–Crippen LogP) is 1.19. The summed E-state index contributed by atoms with van der Waals surface area (Å²) in [6.07, 6.45) is 2.43. The van der Waals surface area contributed by atoms with Crippen LogP contribution < -0.4 is 15.5 Å². The van der Waals surface area contributed by atoms with Gasteiger partial charge in [-0.05, 0) is 30.5 Å². The molecule has 0 saturated carbocycles. The van der Waals surface area contributed by atoms with Gasteiger partial charge in [-0.25, -0.2) is 4.98 Å². The van der Waals surface area contributed by atoms with Crippen LogP contribution in [0.15, 0.2) is 24.4 Å². The summed E-state index contributed by atoms with van der Waals surface area (Å²) in [4.78, 5) is 29.9. The van der Waals surface area contributed by atoms with Crippen molar-refractivity contribution >= 4 is 23.3 Å². The number of piperazine rings is 1. The number of hydrogen-bond acceptors (Lipinski definition) is 5. The van der Waals surface area contributed by atoms with E-state index in [4.69, 9.17) is 0 Å². The fourth-order valence-corrected chi connectivity index (χ4v) is 2.70. The lowest BCUT2D eigenvalue weighted by molar-refractivity contribution is -0.120. The average molecular weight is 342 g/mol. The second kappa shape index (κ2) is 7.33. The molecule has 8 heteroatoms. The average Bonchev–Trinajstić information content (AvgIpc) is 3.03. The summed E-state index contributed by atoms with van der Waals surface area (Å²) in [5.41, 5.74) is 1.88. The van der Waals surface area contributed by atoms with E-state index in [1.807, 2.05) is 4.90 Å². The van der Waals surface area contributed by atoms with Crippen LogP contribution in [-0.2, 0) is 11.2 Å². The molecule has 1 aliphatic heterocycles. The van der Waals surface area contributed by atoms with E-state index >= 15 is 0 Å². The largest absolute Gasteiger partial charge is 0.353 e. The van der Waals surface area contributed by atoms with Gasteiger partial charge in [-0.2, -0.15) is 5.10 Å². The van der Waals surface area contributed by atoms with Gasteiger partial charge in [-0.15, -0.1) is 0 Å². The molecule has 0 bridgehead atoms. The fourth-order valence-electron chi connectivity index (χ4n) is 2.70.